The molecule has 2 saturated heterocycles. The maximum atomic E-state index is 13.2. The molecule has 4 aliphatic heterocycles. The van der Waals surface area contributed by atoms with E-state index in [-0.39, 0.29) is 23.1 Å². The van der Waals surface area contributed by atoms with Gasteiger partial charge in [0.2, 0.25) is 5.91 Å². The fraction of sp³-hybridized carbons (Fsp3) is 0.591. The highest BCUT2D eigenvalue weighted by molar-refractivity contribution is 5.99. The molecule has 2 spiro atoms. The van der Waals surface area contributed by atoms with Gasteiger partial charge in [0.15, 0.2) is 5.72 Å². The number of hydrogen-bond donors (Lipinski definition) is 1. The van der Waals surface area contributed by atoms with E-state index >= 15 is 0 Å². The number of anilines is 1. The molecule has 0 unspecified atom stereocenters. The van der Waals surface area contributed by atoms with Crippen LogP contribution in [0.2, 0.25) is 0 Å². The van der Waals surface area contributed by atoms with Crippen molar-refractivity contribution < 1.29 is 14.6 Å². The third-order valence-electron chi connectivity index (χ3n) is 7.86. The fourth-order valence-corrected chi connectivity index (χ4v) is 7.10. The van der Waals surface area contributed by atoms with Crippen LogP contribution in [0.3, 0.4) is 0 Å². The zero-order valence-electron chi connectivity index (χ0n) is 15.8. The SMILES string of the molecule is CCCC(=O)N1c2c(O)cccc2[C@]23CCN4CC[C@H](C[C@H]12)C1=CCO[C@]143. The smallest absolute Gasteiger partial charge is 0.227 e. The van der Waals surface area contributed by atoms with Gasteiger partial charge in [-0.05, 0) is 48.8 Å². The van der Waals surface area contributed by atoms with Gasteiger partial charge in [-0.2, -0.15) is 0 Å². The summed E-state index contributed by atoms with van der Waals surface area (Å²) in [6, 6.07) is 5.86. The Kier molecular flexibility index (Phi) is 3.08. The average molecular weight is 366 g/mol. The van der Waals surface area contributed by atoms with Crippen LogP contribution in [-0.4, -0.2) is 47.4 Å². The number of carbonyl (C=O) groups excluding carboxylic acids is 1. The molecule has 1 amide bonds. The largest absolute Gasteiger partial charge is 0.506 e. The number of rotatable bonds is 2. The van der Waals surface area contributed by atoms with E-state index in [1.807, 2.05) is 17.9 Å². The van der Waals surface area contributed by atoms with Crippen molar-refractivity contribution in [1.82, 2.24) is 4.90 Å². The van der Waals surface area contributed by atoms with E-state index in [4.69, 9.17) is 4.74 Å². The van der Waals surface area contributed by atoms with Gasteiger partial charge >= 0.3 is 0 Å². The van der Waals surface area contributed by atoms with Crippen molar-refractivity contribution in [2.45, 2.75) is 56.2 Å². The molecule has 4 heterocycles. The molecule has 1 aliphatic carbocycles. The third-order valence-corrected chi connectivity index (χ3v) is 7.86. The lowest BCUT2D eigenvalue weighted by Gasteiger charge is -2.58. The molecule has 0 aromatic heterocycles. The summed E-state index contributed by atoms with van der Waals surface area (Å²) < 4.78 is 6.61. The first-order chi connectivity index (χ1) is 13.1. The van der Waals surface area contributed by atoms with E-state index in [1.165, 1.54) is 5.57 Å². The summed E-state index contributed by atoms with van der Waals surface area (Å²) in [6.07, 6.45) is 6.74. The van der Waals surface area contributed by atoms with Gasteiger partial charge < -0.3 is 14.7 Å². The van der Waals surface area contributed by atoms with Crippen LogP contribution in [0, 0.1) is 5.92 Å². The van der Waals surface area contributed by atoms with E-state index in [1.54, 1.807) is 6.07 Å². The summed E-state index contributed by atoms with van der Waals surface area (Å²) in [5.41, 5.74) is 2.64. The molecule has 1 aromatic carbocycles. The van der Waals surface area contributed by atoms with E-state index in [9.17, 15) is 9.90 Å². The van der Waals surface area contributed by atoms with Crippen molar-refractivity contribution in [3.63, 3.8) is 0 Å². The molecule has 142 valence electrons. The van der Waals surface area contributed by atoms with Crippen LogP contribution in [0.1, 0.15) is 44.6 Å². The lowest BCUT2D eigenvalue weighted by atomic mass is 9.56. The maximum absolute atomic E-state index is 13.2. The summed E-state index contributed by atoms with van der Waals surface area (Å²) in [5, 5.41) is 10.8. The zero-order valence-corrected chi connectivity index (χ0v) is 15.8. The van der Waals surface area contributed by atoms with E-state index in [0.29, 0.717) is 18.9 Å². The maximum Gasteiger partial charge on any atom is 0.227 e. The van der Waals surface area contributed by atoms with Crippen LogP contribution in [0.5, 0.6) is 5.75 Å². The van der Waals surface area contributed by atoms with E-state index < -0.39 is 5.72 Å². The lowest BCUT2D eigenvalue weighted by Crippen LogP contribution is -2.69. The molecule has 1 saturated carbocycles. The number of nitrogens with zero attached hydrogens (tertiary/aromatic N) is 2. The van der Waals surface area contributed by atoms with Crippen molar-refractivity contribution in [2.24, 2.45) is 5.92 Å². The second-order valence-corrected chi connectivity index (χ2v) is 8.75. The van der Waals surface area contributed by atoms with Gasteiger partial charge in [-0.1, -0.05) is 25.1 Å². The normalized spacial score (nSPS) is 38.4. The first-order valence-corrected chi connectivity index (χ1v) is 10.4. The van der Waals surface area contributed by atoms with Crippen LogP contribution in [-0.2, 0) is 14.9 Å². The first kappa shape index (κ1) is 16.1. The van der Waals surface area contributed by atoms with Gasteiger partial charge in [0.05, 0.1) is 23.8 Å². The van der Waals surface area contributed by atoms with Crippen LogP contribution in [0.4, 0.5) is 5.69 Å². The molecule has 5 aliphatic rings. The van der Waals surface area contributed by atoms with Gasteiger partial charge in [0.1, 0.15) is 5.75 Å². The number of piperidine rings is 1. The quantitative estimate of drug-likeness (QED) is 0.818. The highest BCUT2D eigenvalue weighted by atomic mass is 16.5. The van der Waals surface area contributed by atoms with E-state index in [0.717, 1.165) is 50.0 Å². The number of phenols is 1. The Hall–Kier alpha value is -1.85. The minimum absolute atomic E-state index is 0.0744. The molecule has 0 radical (unpaired) electrons. The van der Waals surface area contributed by atoms with Gasteiger partial charge in [-0.15, -0.1) is 0 Å². The predicted octanol–water partition coefficient (Wildman–Crippen LogP) is 2.93. The molecule has 3 fully saturated rings. The standard InChI is InChI=1S/C22H26N2O3/c1-2-4-19(26)24-18-13-14-7-10-23-11-9-21(18,22(23)15(14)8-12-27-22)16-5-3-6-17(25)20(16)24/h3,5-6,8,14,18,25H,2,4,7,9-13H2,1H3/t14-,18+,21-,22+/m1/s1. The highest BCUT2D eigenvalue weighted by Gasteiger charge is 2.75. The second-order valence-electron chi connectivity index (χ2n) is 8.75. The van der Waals surface area contributed by atoms with Crippen LogP contribution in [0.25, 0.3) is 0 Å². The summed E-state index contributed by atoms with van der Waals surface area (Å²) in [4.78, 5) is 17.7. The molecule has 1 aromatic rings. The molecule has 2 bridgehead atoms. The first-order valence-electron chi connectivity index (χ1n) is 10.4. The molecule has 5 nitrogen and oxygen atoms in total. The Labute approximate surface area is 159 Å². The van der Waals surface area contributed by atoms with E-state index in [2.05, 4.69) is 17.0 Å². The number of benzene rings is 1. The summed E-state index contributed by atoms with van der Waals surface area (Å²) in [5.74, 6) is 0.850. The number of fused-ring (bicyclic) bond motifs is 1. The van der Waals surface area contributed by atoms with Crippen molar-refractivity contribution in [1.29, 1.82) is 0 Å². The third kappa shape index (κ3) is 1.60. The minimum Gasteiger partial charge on any atom is -0.506 e. The van der Waals surface area contributed by atoms with Gasteiger partial charge in [0.25, 0.3) is 0 Å². The van der Waals surface area contributed by atoms with Crippen molar-refractivity contribution in [2.75, 3.05) is 24.6 Å². The molecule has 27 heavy (non-hydrogen) atoms. The van der Waals surface area contributed by atoms with Gasteiger partial charge in [-0.25, -0.2) is 0 Å². The van der Waals surface area contributed by atoms with Crippen LogP contribution < -0.4 is 4.90 Å². The summed E-state index contributed by atoms with van der Waals surface area (Å²) in [7, 11) is 0. The Morgan fingerprint density at radius 1 is 1.37 bits per heavy atom. The number of carbonyl (C=O) groups is 1. The molecule has 6 rings (SSSR count). The van der Waals surface area contributed by atoms with Crippen LogP contribution in [0.15, 0.2) is 29.8 Å². The predicted molar refractivity (Wildman–Crippen MR) is 102 cm³/mol. The number of ether oxygens (including phenoxy) is 1. The van der Waals surface area contributed by atoms with Crippen molar-refractivity contribution in [3.8, 4) is 5.75 Å². The molecule has 1 N–H and O–H groups in total. The summed E-state index contributed by atoms with van der Waals surface area (Å²) >= 11 is 0. The topological polar surface area (TPSA) is 53.0 Å². The van der Waals surface area contributed by atoms with Crippen molar-refractivity contribution in [3.05, 3.63) is 35.4 Å². The number of para-hydroxylation sites is 1. The minimum atomic E-state index is -0.414. The number of hydrogen-bond acceptors (Lipinski definition) is 4. The van der Waals surface area contributed by atoms with Gasteiger partial charge in [-0.3, -0.25) is 9.69 Å². The molecule has 4 atom stereocenters. The van der Waals surface area contributed by atoms with Gasteiger partial charge in [0, 0.05) is 19.5 Å². The Morgan fingerprint density at radius 3 is 3.11 bits per heavy atom. The number of phenolic OH excluding ortho intramolecular Hbond substituents is 1. The number of aromatic hydroxyl groups is 1. The van der Waals surface area contributed by atoms with Crippen molar-refractivity contribution >= 4 is 11.6 Å². The number of amides is 1. The monoisotopic (exact) mass is 366 g/mol. The molecule has 5 heteroatoms. The fourth-order valence-electron chi connectivity index (χ4n) is 7.10. The Morgan fingerprint density at radius 2 is 2.26 bits per heavy atom. The van der Waals surface area contributed by atoms with Crippen LogP contribution >= 0.6 is 0 Å². The Bertz CT molecular complexity index is 880. The lowest BCUT2D eigenvalue weighted by molar-refractivity contribution is -0.158. The zero-order chi connectivity index (χ0) is 18.4. The second kappa shape index (κ2) is 5.15. The molecular formula is C22H26N2O3. The summed E-state index contributed by atoms with van der Waals surface area (Å²) in [6.45, 7) is 4.76. The Balaban J connectivity index is 1.64. The highest BCUT2D eigenvalue weighted by Crippen LogP contribution is 2.69. The molecular weight excluding hydrogens is 340 g/mol. The average Bonchev–Trinajstić information content (AvgIpc) is 3.32.